The zero-order valence-corrected chi connectivity index (χ0v) is 16.1. The molecule has 0 spiro atoms. The molecule has 0 aliphatic carbocycles. The Bertz CT molecular complexity index is 1060. The third kappa shape index (κ3) is 6.77. The Hall–Kier alpha value is -4.01. The molecule has 0 heterocycles. The lowest BCUT2D eigenvalue weighted by molar-refractivity contribution is -0.274. The fourth-order valence-electron chi connectivity index (χ4n) is 2.69. The Kier molecular flexibility index (Phi) is 6.76. The van der Waals surface area contributed by atoms with Crippen molar-refractivity contribution < 1.29 is 27.5 Å². The molecule has 6 nitrogen and oxygen atoms in total. The van der Waals surface area contributed by atoms with Gasteiger partial charge in [-0.2, -0.15) is 0 Å². The van der Waals surface area contributed by atoms with Crippen LogP contribution in [0.3, 0.4) is 0 Å². The average Bonchev–Trinajstić information content (AvgIpc) is 2.72. The second-order valence-corrected chi connectivity index (χ2v) is 6.34. The SMILES string of the molecule is O=C(CNc1cccc(OC(F)(F)F)c1)Nc1ccccc1C(=O)Nc1ccccc1. The second-order valence-electron chi connectivity index (χ2n) is 6.34. The average molecular weight is 429 g/mol. The van der Waals surface area contributed by atoms with E-state index in [1.165, 1.54) is 12.1 Å². The Morgan fingerprint density at radius 2 is 1.48 bits per heavy atom. The van der Waals surface area contributed by atoms with Crippen molar-refractivity contribution in [2.45, 2.75) is 6.36 Å². The topological polar surface area (TPSA) is 79.5 Å². The lowest BCUT2D eigenvalue weighted by Crippen LogP contribution is -2.24. The van der Waals surface area contributed by atoms with Crippen molar-refractivity contribution >= 4 is 28.9 Å². The summed E-state index contributed by atoms with van der Waals surface area (Å²) in [4.78, 5) is 24.9. The highest BCUT2D eigenvalue weighted by Gasteiger charge is 2.31. The number of hydrogen-bond donors (Lipinski definition) is 3. The van der Waals surface area contributed by atoms with Gasteiger partial charge in [-0.05, 0) is 36.4 Å². The van der Waals surface area contributed by atoms with Crippen LogP contribution < -0.4 is 20.7 Å². The molecule has 31 heavy (non-hydrogen) atoms. The van der Waals surface area contributed by atoms with E-state index < -0.39 is 23.9 Å². The van der Waals surface area contributed by atoms with Gasteiger partial charge in [0, 0.05) is 17.4 Å². The van der Waals surface area contributed by atoms with Crippen LogP contribution in [0.15, 0.2) is 78.9 Å². The van der Waals surface area contributed by atoms with Crippen molar-refractivity contribution in [3.8, 4) is 5.75 Å². The van der Waals surface area contributed by atoms with Crippen LogP contribution in [0.25, 0.3) is 0 Å². The first kappa shape index (κ1) is 21.7. The first-order valence-electron chi connectivity index (χ1n) is 9.15. The molecule has 3 rings (SSSR count). The number of anilines is 3. The molecular weight excluding hydrogens is 411 g/mol. The van der Waals surface area contributed by atoms with Crippen LogP contribution in [-0.2, 0) is 4.79 Å². The van der Waals surface area contributed by atoms with Gasteiger partial charge in [0.05, 0.1) is 17.8 Å². The van der Waals surface area contributed by atoms with Gasteiger partial charge in [-0.3, -0.25) is 9.59 Å². The van der Waals surface area contributed by atoms with Crippen molar-refractivity contribution in [2.75, 3.05) is 22.5 Å². The summed E-state index contributed by atoms with van der Waals surface area (Å²) in [7, 11) is 0. The largest absolute Gasteiger partial charge is 0.573 e. The molecule has 3 N–H and O–H groups in total. The summed E-state index contributed by atoms with van der Waals surface area (Å²) in [5.41, 5.74) is 1.44. The number of nitrogens with one attached hydrogen (secondary N) is 3. The highest BCUT2D eigenvalue weighted by atomic mass is 19.4. The fraction of sp³-hybridized carbons (Fsp3) is 0.0909. The lowest BCUT2D eigenvalue weighted by Gasteiger charge is -2.13. The summed E-state index contributed by atoms with van der Waals surface area (Å²) in [5, 5.41) is 8.09. The summed E-state index contributed by atoms with van der Waals surface area (Å²) in [6.07, 6.45) is -4.81. The van der Waals surface area contributed by atoms with Crippen LogP contribution in [0.4, 0.5) is 30.2 Å². The number of para-hydroxylation sites is 2. The molecule has 9 heteroatoms. The first-order chi connectivity index (χ1) is 14.8. The Labute approximate surface area is 176 Å². The molecule has 0 fully saturated rings. The van der Waals surface area contributed by atoms with E-state index in [4.69, 9.17) is 0 Å². The number of alkyl halides is 3. The van der Waals surface area contributed by atoms with E-state index in [0.717, 1.165) is 12.1 Å². The molecule has 0 atom stereocenters. The fourth-order valence-corrected chi connectivity index (χ4v) is 2.69. The maximum Gasteiger partial charge on any atom is 0.573 e. The zero-order chi connectivity index (χ0) is 22.3. The van der Waals surface area contributed by atoms with Gasteiger partial charge >= 0.3 is 6.36 Å². The van der Waals surface area contributed by atoms with E-state index in [0.29, 0.717) is 11.4 Å². The van der Waals surface area contributed by atoms with Crippen LogP contribution in [0.2, 0.25) is 0 Å². The van der Waals surface area contributed by atoms with Crippen LogP contribution >= 0.6 is 0 Å². The van der Waals surface area contributed by atoms with Gasteiger partial charge in [0.2, 0.25) is 5.91 Å². The van der Waals surface area contributed by atoms with Crippen molar-refractivity contribution in [3.63, 3.8) is 0 Å². The summed E-state index contributed by atoms with van der Waals surface area (Å²) >= 11 is 0. The van der Waals surface area contributed by atoms with Crippen molar-refractivity contribution in [1.29, 1.82) is 0 Å². The van der Waals surface area contributed by atoms with Gasteiger partial charge in [0.1, 0.15) is 5.75 Å². The van der Waals surface area contributed by atoms with Crippen molar-refractivity contribution in [1.82, 2.24) is 0 Å². The minimum atomic E-state index is -4.81. The van der Waals surface area contributed by atoms with Crippen LogP contribution in [0.1, 0.15) is 10.4 Å². The van der Waals surface area contributed by atoms with Gasteiger partial charge in [-0.25, -0.2) is 0 Å². The molecule has 3 aromatic rings. The first-order valence-corrected chi connectivity index (χ1v) is 9.15. The molecule has 160 valence electrons. The van der Waals surface area contributed by atoms with E-state index in [1.54, 1.807) is 48.5 Å². The van der Waals surface area contributed by atoms with Gasteiger partial charge in [-0.1, -0.05) is 36.4 Å². The minimum absolute atomic E-state index is 0.232. The number of rotatable bonds is 7. The second kappa shape index (κ2) is 9.66. The third-order valence-corrected chi connectivity index (χ3v) is 4.00. The standard InChI is InChI=1S/C22H18F3N3O3/c23-22(24,25)31-17-10-6-9-16(13-17)26-14-20(29)28-19-12-5-4-11-18(19)21(30)27-15-7-2-1-3-8-15/h1-13,26H,14H2,(H,27,30)(H,28,29). The molecular formula is C22H18F3N3O3. The smallest absolute Gasteiger partial charge is 0.406 e. The number of halogens is 3. The molecule has 0 unspecified atom stereocenters. The van der Waals surface area contributed by atoms with E-state index in [9.17, 15) is 22.8 Å². The number of ether oxygens (including phenoxy) is 1. The monoisotopic (exact) mass is 429 g/mol. The van der Waals surface area contributed by atoms with Crippen LogP contribution in [0.5, 0.6) is 5.75 Å². The lowest BCUT2D eigenvalue weighted by atomic mass is 10.1. The minimum Gasteiger partial charge on any atom is -0.406 e. The molecule has 0 aliphatic heterocycles. The molecule has 0 saturated heterocycles. The molecule has 3 aromatic carbocycles. The van der Waals surface area contributed by atoms with Gasteiger partial charge in [0.25, 0.3) is 5.91 Å². The molecule has 2 amide bonds. The Morgan fingerprint density at radius 3 is 2.23 bits per heavy atom. The number of carbonyl (C=O) groups excluding carboxylic acids is 2. The summed E-state index contributed by atoms with van der Waals surface area (Å²) < 4.78 is 40.8. The molecule has 0 radical (unpaired) electrons. The van der Waals surface area contributed by atoms with Crippen molar-refractivity contribution in [2.24, 2.45) is 0 Å². The van der Waals surface area contributed by atoms with Gasteiger partial charge in [-0.15, -0.1) is 13.2 Å². The zero-order valence-electron chi connectivity index (χ0n) is 16.1. The molecule has 0 aliphatic rings. The van der Waals surface area contributed by atoms with Crippen LogP contribution in [0, 0.1) is 0 Å². The Morgan fingerprint density at radius 1 is 0.806 bits per heavy atom. The third-order valence-electron chi connectivity index (χ3n) is 4.00. The molecule has 0 aromatic heterocycles. The summed E-state index contributed by atoms with van der Waals surface area (Å²) in [6, 6.07) is 20.5. The predicted molar refractivity (Wildman–Crippen MR) is 111 cm³/mol. The number of benzene rings is 3. The number of carbonyl (C=O) groups is 2. The van der Waals surface area contributed by atoms with Gasteiger partial charge in [0.15, 0.2) is 0 Å². The normalized spacial score (nSPS) is 10.8. The maximum atomic E-state index is 12.6. The number of hydrogen-bond acceptors (Lipinski definition) is 4. The number of amides is 2. The predicted octanol–water partition coefficient (Wildman–Crippen LogP) is 4.89. The van der Waals surface area contributed by atoms with E-state index in [-0.39, 0.29) is 17.8 Å². The summed E-state index contributed by atoms with van der Waals surface area (Å²) in [6.45, 7) is -0.232. The maximum absolute atomic E-state index is 12.6. The Balaban J connectivity index is 1.61. The molecule has 0 bridgehead atoms. The van der Waals surface area contributed by atoms with Crippen molar-refractivity contribution in [3.05, 3.63) is 84.4 Å². The highest BCUT2D eigenvalue weighted by Crippen LogP contribution is 2.25. The van der Waals surface area contributed by atoms with E-state index in [1.807, 2.05) is 6.07 Å². The van der Waals surface area contributed by atoms with E-state index in [2.05, 4.69) is 20.7 Å². The van der Waals surface area contributed by atoms with E-state index >= 15 is 0 Å². The van der Waals surface area contributed by atoms with Crippen LogP contribution in [-0.4, -0.2) is 24.7 Å². The van der Waals surface area contributed by atoms with Gasteiger partial charge < -0.3 is 20.7 Å². The quantitative estimate of drug-likeness (QED) is 0.500. The molecule has 0 saturated carbocycles. The summed E-state index contributed by atoms with van der Waals surface area (Å²) in [5.74, 6) is -1.28. The highest BCUT2D eigenvalue weighted by molar-refractivity contribution is 6.10.